The van der Waals surface area contributed by atoms with Gasteiger partial charge in [0.1, 0.15) is 4.21 Å². The van der Waals surface area contributed by atoms with Gasteiger partial charge in [-0.05, 0) is 25.1 Å². The third-order valence-corrected chi connectivity index (χ3v) is 5.16. The second kappa shape index (κ2) is 4.98. The molecule has 0 saturated heterocycles. The van der Waals surface area contributed by atoms with E-state index in [1.54, 1.807) is 13.0 Å². The Morgan fingerprint density at radius 3 is 2.58 bits per heavy atom. The quantitative estimate of drug-likeness (QED) is 0.694. The molecule has 0 aliphatic rings. The molecule has 6 nitrogen and oxygen atoms in total. The lowest BCUT2D eigenvalue weighted by Crippen LogP contribution is -2.11. The Labute approximate surface area is 113 Å². The third kappa shape index (κ3) is 3.09. The number of benzene rings is 1. The van der Waals surface area contributed by atoms with Crippen LogP contribution < -0.4 is 4.72 Å². The van der Waals surface area contributed by atoms with E-state index < -0.39 is 14.9 Å². The SMILES string of the molecule is Cc1ccc(S(=O)(=O)Nc2cccc([N+](=O)[O-])c2)s1. The van der Waals surface area contributed by atoms with Crippen LogP contribution >= 0.6 is 11.3 Å². The normalized spacial score (nSPS) is 11.2. The van der Waals surface area contributed by atoms with Crippen LogP contribution in [0.25, 0.3) is 0 Å². The molecule has 2 rings (SSSR count). The number of aryl methyl sites for hydroxylation is 1. The van der Waals surface area contributed by atoms with Crippen molar-refractivity contribution >= 4 is 32.7 Å². The number of thiophene rings is 1. The zero-order valence-corrected chi connectivity index (χ0v) is 11.5. The van der Waals surface area contributed by atoms with Crippen molar-refractivity contribution in [3.63, 3.8) is 0 Å². The summed E-state index contributed by atoms with van der Waals surface area (Å²) in [5.74, 6) is 0. The Morgan fingerprint density at radius 2 is 2.00 bits per heavy atom. The van der Waals surface area contributed by atoms with Crippen molar-refractivity contribution in [1.29, 1.82) is 0 Å². The number of hydrogen-bond donors (Lipinski definition) is 1. The first-order valence-electron chi connectivity index (χ1n) is 5.22. The van der Waals surface area contributed by atoms with Gasteiger partial charge in [-0.25, -0.2) is 8.42 Å². The smallest absolute Gasteiger partial charge is 0.271 e. The first kappa shape index (κ1) is 13.5. The largest absolute Gasteiger partial charge is 0.279 e. The van der Waals surface area contributed by atoms with E-state index in [0.29, 0.717) is 0 Å². The van der Waals surface area contributed by atoms with Crippen molar-refractivity contribution in [2.24, 2.45) is 0 Å². The summed E-state index contributed by atoms with van der Waals surface area (Å²) in [7, 11) is -3.69. The van der Waals surface area contributed by atoms with Crippen LogP contribution in [-0.2, 0) is 10.0 Å². The Hall–Kier alpha value is -1.93. The Kier molecular flexibility index (Phi) is 3.54. The number of rotatable bonds is 4. The van der Waals surface area contributed by atoms with Gasteiger partial charge in [0.25, 0.3) is 15.7 Å². The molecule has 0 aliphatic carbocycles. The summed E-state index contributed by atoms with van der Waals surface area (Å²) >= 11 is 1.14. The highest BCUT2D eigenvalue weighted by Gasteiger charge is 2.17. The highest BCUT2D eigenvalue weighted by molar-refractivity contribution is 7.94. The van der Waals surface area contributed by atoms with Gasteiger partial charge in [-0.15, -0.1) is 11.3 Å². The number of anilines is 1. The van der Waals surface area contributed by atoms with Crippen LogP contribution in [0.5, 0.6) is 0 Å². The van der Waals surface area contributed by atoms with Gasteiger partial charge in [-0.3, -0.25) is 14.8 Å². The molecule has 100 valence electrons. The Morgan fingerprint density at radius 1 is 1.26 bits per heavy atom. The highest BCUT2D eigenvalue weighted by Crippen LogP contribution is 2.24. The molecule has 2 aromatic rings. The zero-order chi connectivity index (χ0) is 14.0. The van der Waals surface area contributed by atoms with E-state index in [0.717, 1.165) is 16.2 Å². The van der Waals surface area contributed by atoms with E-state index in [2.05, 4.69) is 4.72 Å². The van der Waals surface area contributed by atoms with Gasteiger partial charge < -0.3 is 0 Å². The fraction of sp³-hybridized carbons (Fsp3) is 0.0909. The van der Waals surface area contributed by atoms with Crippen LogP contribution in [0.1, 0.15) is 4.88 Å². The van der Waals surface area contributed by atoms with Gasteiger partial charge in [0.05, 0.1) is 10.6 Å². The van der Waals surface area contributed by atoms with Gasteiger partial charge in [0.15, 0.2) is 0 Å². The predicted octanol–water partition coefficient (Wildman–Crippen LogP) is 2.77. The molecule has 0 fully saturated rings. The van der Waals surface area contributed by atoms with E-state index in [-0.39, 0.29) is 15.6 Å². The molecule has 1 N–H and O–H groups in total. The average molecular weight is 298 g/mol. The monoisotopic (exact) mass is 298 g/mol. The molecule has 1 heterocycles. The molecule has 0 saturated carbocycles. The van der Waals surface area contributed by atoms with Crippen molar-refractivity contribution in [2.45, 2.75) is 11.1 Å². The van der Waals surface area contributed by atoms with Crippen molar-refractivity contribution in [3.05, 3.63) is 51.4 Å². The number of nitro groups is 1. The van der Waals surface area contributed by atoms with Crippen molar-refractivity contribution in [2.75, 3.05) is 4.72 Å². The van der Waals surface area contributed by atoms with E-state index in [4.69, 9.17) is 0 Å². The minimum absolute atomic E-state index is 0.164. The minimum Gasteiger partial charge on any atom is -0.279 e. The summed E-state index contributed by atoms with van der Waals surface area (Å²) in [5.41, 5.74) is 0.00260. The van der Waals surface area contributed by atoms with Crippen LogP contribution in [0.15, 0.2) is 40.6 Å². The Balaban J connectivity index is 2.30. The molecule has 0 radical (unpaired) electrons. The van der Waals surface area contributed by atoms with Gasteiger partial charge >= 0.3 is 0 Å². The second-order valence-electron chi connectivity index (χ2n) is 3.78. The van der Waals surface area contributed by atoms with E-state index in [1.807, 2.05) is 0 Å². The molecule has 8 heteroatoms. The van der Waals surface area contributed by atoms with Crippen molar-refractivity contribution < 1.29 is 13.3 Å². The fourth-order valence-corrected chi connectivity index (χ4v) is 3.78. The minimum atomic E-state index is -3.69. The summed E-state index contributed by atoms with van der Waals surface area (Å²) in [6.45, 7) is 1.80. The molecule has 0 unspecified atom stereocenters. The molecule has 0 spiro atoms. The third-order valence-electron chi connectivity index (χ3n) is 2.29. The second-order valence-corrected chi connectivity index (χ2v) is 6.98. The van der Waals surface area contributed by atoms with E-state index in [1.165, 1.54) is 30.3 Å². The number of non-ortho nitro benzene ring substituents is 1. The summed E-state index contributed by atoms with van der Waals surface area (Å²) in [5, 5.41) is 10.6. The lowest BCUT2D eigenvalue weighted by molar-refractivity contribution is -0.384. The Bertz CT molecular complexity index is 722. The molecule has 0 bridgehead atoms. The maximum absolute atomic E-state index is 12.0. The molecule has 0 atom stereocenters. The standard InChI is InChI=1S/C11H10N2O4S2/c1-8-5-6-11(18-8)19(16,17)12-9-3-2-4-10(7-9)13(14)15/h2-7,12H,1H3. The zero-order valence-electron chi connectivity index (χ0n) is 9.86. The molecule has 1 aromatic carbocycles. The van der Waals surface area contributed by atoms with Crippen molar-refractivity contribution in [3.8, 4) is 0 Å². The number of nitrogens with one attached hydrogen (secondary N) is 1. The molecule has 19 heavy (non-hydrogen) atoms. The number of hydrogen-bond acceptors (Lipinski definition) is 5. The molecular weight excluding hydrogens is 288 g/mol. The van der Waals surface area contributed by atoms with E-state index >= 15 is 0 Å². The number of nitrogens with zero attached hydrogens (tertiary/aromatic N) is 1. The maximum atomic E-state index is 12.0. The molecule has 0 aliphatic heterocycles. The molecule has 1 aromatic heterocycles. The lowest BCUT2D eigenvalue weighted by atomic mass is 10.3. The number of sulfonamides is 1. The summed E-state index contributed by atoms with van der Waals surface area (Å²) < 4.78 is 26.5. The van der Waals surface area contributed by atoms with Crippen molar-refractivity contribution in [1.82, 2.24) is 0 Å². The first-order chi connectivity index (χ1) is 8.88. The number of nitro benzene ring substituents is 1. The summed E-state index contributed by atoms with van der Waals surface area (Å²) in [6, 6.07) is 8.57. The lowest BCUT2D eigenvalue weighted by Gasteiger charge is -2.05. The van der Waals surface area contributed by atoms with Gasteiger partial charge in [0, 0.05) is 17.0 Å². The topological polar surface area (TPSA) is 89.3 Å². The first-order valence-corrected chi connectivity index (χ1v) is 7.52. The summed E-state index contributed by atoms with van der Waals surface area (Å²) in [6.07, 6.45) is 0. The van der Waals surface area contributed by atoms with Crippen LogP contribution in [0, 0.1) is 17.0 Å². The van der Waals surface area contributed by atoms with Crippen LogP contribution in [-0.4, -0.2) is 13.3 Å². The van der Waals surface area contributed by atoms with Gasteiger partial charge in [0.2, 0.25) is 0 Å². The fourth-order valence-electron chi connectivity index (χ4n) is 1.44. The molecular formula is C11H10N2O4S2. The predicted molar refractivity (Wildman–Crippen MR) is 73.0 cm³/mol. The summed E-state index contributed by atoms with van der Waals surface area (Å²) in [4.78, 5) is 10.9. The maximum Gasteiger partial charge on any atom is 0.271 e. The average Bonchev–Trinajstić information content (AvgIpc) is 2.76. The van der Waals surface area contributed by atoms with Gasteiger partial charge in [-0.2, -0.15) is 0 Å². The highest BCUT2D eigenvalue weighted by atomic mass is 32.2. The van der Waals surface area contributed by atoms with Crippen LogP contribution in [0.2, 0.25) is 0 Å². The van der Waals surface area contributed by atoms with Crippen LogP contribution in [0.4, 0.5) is 11.4 Å². The van der Waals surface area contributed by atoms with E-state index in [9.17, 15) is 18.5 Å². The van der Waals surface area contributed by atoms with Gasteiger partial charge in [-0.1, -0.05) is 6.07 Å². The van der Waals surface area contributed by atoms with Crippen LogP contribution in [0.3, 0.4) is 0 Å². The molecule has 0 amide bonds.